The number of hydrazine groups is 1. The standard InChI is InChI=1S/C19H28ClN3O4S/c1-15(2)13-22(19(24)11-16-7-4-3-5-8-16)23-14-17(12-20)18(21-23)9-6-10-28(25,26)27/h3-5,7-8,15,17H,6,9-14H2,1-2H3,(H,25,26,27). The summed E-state index contributed by atoms with van der Waals surface area (Å²) in [7, 11) is -4.00. The summed E-state index contributed by atoms with van der Waals surface area (Å²) in [6.45, 7) is 5.09. The first kappa shape index (κ1) is 22.6. The molecule has 0 radical (unpaired) electrons. The van der Waals surface area contributed by atoms with E-state index in [-0.39, 0.29) is 36.3 Å². The van der Waals surface area contributed by atoms with Crippen LogP contribution in [0.5, 0.6) is 0 Å². The first-order valence-corrected chi connectivity index (χ1v) is 11.5. The van der Waals surface area contributed by atoms with Crippen molar-refractivity contribution in [2.45, 2.75) is 33.1 Å². The van der Waals surface area contributed by atoms with E-state index in [1.54, 1.807) is 10.1 Å². The monoisotopic (exact) mass is 429 g/mol. The Morgan fingerprint density at radius 1 is 1.36 bits per heavy atom. The van der Waals surface area contributed by atoms with Crippen LogP contribution < -0.4 is 0 Å². The Balaban J connectivity index is 2.12. The smallest absolute Gasteiger partial charge is 0.264 e. The number of rotatable bonds is 10. The molecule has 1 heterocycles. The van der Waals surface area contributed by atoms with Gasteiger partial charge in [-0.05, 0) is 24.3 Å². The molecule has 7 nitrogen and oxygen atoms in total. The van der Waals surface area contributed by atoms with E-state index in [9.17, 15) is 13.2 Å². The molecule has 0 aliphatic carbocycles. The molecule has 1 aromatic carbocycles. The Labute approximate surface area is 172 Å². The van der Waals surface area contributed by atoms with Crippen molar-refractivity contribution in [2.75, 3.05) is 24.7 Å². The molecule has 0 aromatic heterocycles. The summed E-state index contributed by atoms with van der Waals surface area (Å²) in [5, 5.41) is 7.90. The van der Waals surface area contributed by atoms with Gasteiger partial charge in [0.15, 0.2) is 0 Å². The van der Waals surface area contributed by atoms with E-state index in [2.05, 4.69) is 5.10 Å². The van der Waals surface area contributed by atoms with Crippen LogP contribution in [-0.2, 0) is 21.3 Å². The minimum absolute atomic E-state index is 0.0452. The van der Waals surface area contributed by atoms with Crippen molar-refractivity contribution in [3.63, 3.8) is 0 Å². The minimum Gasteiger partial charge on any atom is -0.286 e. The highest BCUT2D eigenvalue weighted by molar-refractivity contribution is 7.85. The highest BCUT2D eigenvalue weighted by atomic mass is 35.5. The zero-order valence-electron chi connectivity index (χ0n) is 16.3. The van der Waals surface area contributed by atoms with Crippen molar-refractivity contribution < 1.29 is 17.8 Å². The number of carbonyl (C=O) groups is 1. The van der Waals surface area contributed by atoms with E-state index < -0.39 is 10.1 Å². The first-order chi connectivity index (χ1) is 13.2. The van der Waals surface area contributed by atoms with Crippen LogP contribution in [0.25, 0.3) is 0 Å². The summed E-state index contributed by atoms with van der Waals surface area (Å²) in [6.07, 6.45) is 0.959. The van der Waals surface area contributed by atoms with Gasteiger partial charge in [-0.15, -0.1) is 11.6 Å². The van der Waals surface area contributed by atoms with Crippen molar-refractivity contribution in [1.82, 2.24) is 10.1 Å². The first-order valence-electron chi connectivity index (χ1n) is 9.40. The molecule has 0 saturated heterocycles. The number of alkyl halides is 1. The van der Waals surface area contributed by atoms with E-state index in [1.807, 2.05) is 44.2 Å². The van der Waals surface area contributed by atoms with Crippen molar-refractivity contribution in [1.29, 1.82) is 0 Å². The lowest BCUT2D eigenvalue weighted by molar-refractivity contribution is -0.149. The Kier molecular flexibility index (Phi) is 8.27. The average Bonchev–Trinajstić information content (AvgIpc) is 3.02. The molecule has 1 amide bonds. The number of amides is 1. The predicted octanol–water partition coefficient (Wildman–Crippen LogP) is 2.82. The number of hydrogen-bond acceptors (Lipinski definition) is 5. The molecule has 28 heavy (non-hydrogen) atoms. The SMILES string of the molecule is CC(C)CN(C(=O)Cc1ccccc1)N1CC(CCl)C(CCCS(=O)(=O)O)=N1. The van der Waals surface area contributed by atoms with Gasteiger partial charge < -0.3 is 0 Å². The highest BCUT2D eigenvalue weighted by Gasteiger charge is 2.31. The molecule has 1 atom stereocenters. The topological polar surface area (TPSA) is 90.3 Å². The summed E-state index contributed by atoms with van der Waals surface area (Å²) in [6, 6.07) is 9.55. The highest BCUT2D eigenvalue weighted by Crippen LogP contribution is 2.22. The van der Waals surface area contributed by atoms with Gasteiger partial charge >= 0.3 is 0 Å². The quantitative estimate of drug-likeness (QED) is 0.456. The average molecular weight is 430 g/mol. The third-order valence-corrected chi connectivity index (χ3v) is 5.60. The van der Waals surface area contributed by atoms with Crippen LogP contribution in [0.2, 0.25) is 0 Å². The van der Waals surface area contributed by atoms with Crippen LogP contribution in [0, 0.1) is 11.8 Å². The molecule has 2 rings (SSSR count). The summed E-state index contributed by atoms with van der Waals surface area (Å²) in [5.41, 5.74) is 1.70. The van der Waals surface area contributed by atoms with Crippen LogP contribution in [0.1, 0.15) is 32.3 Å². The Morgan fingerprint density at radius 2 is 2.04 bits per heavy atom. The van der Waals surface area contributed by atoms with Crippen LogP contribution in [0.3, 0.4) is 0 Å². The molecule has 1 N–H and O–H groups in total. The molecule has 1 unspecified atom stereocenters. The molecule has 1 aromatic rings. The second-order valence-electron chi connectivity index (χ2n) is 7.42. The molecule has 1 aliphatic rings. The molecule has 0 saturated carbocycles. The van der Waals surface area contributed by atoms with Gasteiger partial charge in [-0.3, -0.25) is 9.35 Å². The fourth-order valence-corrected chi connectivity index (χ4v) is 3.87. The van der Waals surface area contributed by atoms with Gasteiger partial charge in [0.1, 0.15) is 0 Å². The number of benzene rings is 1. The lowest BCUT2D eigenvalue weighted by atomic mass is 10.0. The van der Waals surface area contributed by atoms with Crippen molar-refractivity contribution >= 4 is 33.3 Å². The predicted molar refractivity (Wildman–Crippen MR) is 111 cm³/mol. The largest absolute Gasteiger partial charge is 0.286 e. The molecular formula is C19H28ClN3O4S. The van der Waals surface area contributed by atoms with Crippen molar-refractivity contribution in [3.8, 4) is 0 Å². The van der Waals surface area contributed by atoms with Crippen LogP contribution >= 0.6 is 11.6 Å². The summed E-state index contributed by atoms with van der Waals surface area (Å²) in [5.74, 6) is 0.180. The van der Waals surface area contributed by atoms with E-state index in [1.165, 1.54) is 0 Å². The van der Waals surface area contributed by atoms with Gasteiger partial charge in [-0.2, -0.15) is 13.5 Å². The minimum atomic E-state index is -4.00. The molecule has 1 aliphatic heterocycles. The van der Waals surface area contributed by atoms with Crippen LogP contribution in [0.4, 0.5) is 0 Å². The van der Waals surface area contributed by atoms with Crippen molar-refractivity contribution in [2.24, 2.45) is 16.9 Å². The summed E-state index contributed by atoms with van der Waals surface area (Å²) in [4.78, 5) is 13.0. The fourth-order valence-electron chi connectivity index (χ4n) is 3.09. The third-order valence-electron chi connectivity index (χ3n) is 4.42. The maximum atomic E-state index is 13.0. The van der Waals surface area contributed by atoms with E-state index in [0.29, 0.717) is 25.4 Å². The van der Waals surface area contributed by atoms with E-state index in [4.69, 9.17) is 16.2 Å². The van der Waals surface area contributed by atoms with Crippen LogP contribution in [-0.4, -0.2) is 59.4 Å². The van der Waals surface area contributed by atoms with Gasteiger partial charge in [0.25, 0.3) is 10.1 Å². The Bertz CT molecular complexity index is 784. The molecular weight excluding hydrogens is 402 g/mol. The van der Waals surface area contributed by atoms with E-state index >= 15 is 0 Å². The van der Waals surface area contributed by atoms with Gasteiger partial charge in [-0.1, -0.05) is 44.2 Å². The van der Waals surface area contributed by atoms with Gasteiger partial charge in [0.05, 0.1) is 18.7 Å². The number of halogens is 1. The second kappa shape index (κ2) is 10.2. The lowest BCUT2D eigenvalue weighted by Crippen LogP contribution is -2.46. The van der Waals surface area contributed by atoms with Crippen LogP contribution in [0.15, 0.2) is 35.4 Å². The van der Waals surface area contributed by atoms with Gasteiger partial charge in [0.2, 0.25) is 5.91 Å². The van der Waals surface area contributed by atoms with Gasteiger partial charge in [0, 0.05) is 24.1 Å². The van der Waals surface area contributed by atoms with E-state index in [0.717, 1.165) is 11.3 Å². The molecule has 0 spiro atoms. The Morgan fingerprint density at radius 3 is 2.61 bits per heavy atom. The zero-order chi connectivity index (χ0) is 20.7. The normalized spacial score (nSPS) is 17.1. The zero-order valence-corrected chi connectivity index (χ0v) is 17.9. The molecule has 0 bridgehead atoms. The third kappa shape index (κ3) is 7.07. The number of hydrazone groups is 1. The van der Waals surface area contributed by atoms with Gasteiger partial charge in [-0.25, -0.2) is 10.1 Å². The Hall–Kier alpha value is -1.64. The number of hydrogen-bond donors (Lipinski definition) is 1. The molecule has 0 fully saturated rings. The maximum Gasteiger partial charge on any atom is 0.264 e. The lowest BCUT2D eigenvalue weighted by Gasteiger charge is -2.32. The van der Waals surface area contributed by atoms with Crippen molar-refractivity contribution in [3.05, 3.63) is 35.9 Å². The fraction of sp³-hybridized carbons (Fsp3) is 0.579. The summed E-state index contributed by atoms with van der Waals surface area (Å²) < 4.78 is 30.8. The second-order valence-corrected chi connectivity index (χ2v) is 9.30. The molecule has 156 valence electrons. The number of carbonyl (C=O) groups excluding carboxylic acids is 1. The number of nitrogens with zero attached hydrogens (tertiary/aromatic N) is 3. The maximum absolute atomic E-state index is 13.0. The summed E-state index contributed by atoms with van der Waals surface area (Å²) >= 11 is 6.08. The molecule has 9 heteroatoms.